The van der Waals surface area contributed by atoms with Gasteiger partial charge in [-0.05, 0) is 48.7 Å². The Bertz CT molecular complexity index is 1480. The molecule has 0 aliphatic carbocycles. The third kappa shape index (κ3) is 6.62. The summed E-state index contributed by atoms with van der Waals surface area (Å²) in [6.07, 6.45) is 0.731. The number of sulfonamides is 1. The van der Waals surface area contributed by atoms with Gasteiger partial charge in [0, 0.05) is 36.4 Å². The number of halogens is 1. The molecule has 1 heterocycles. The van der Waals surface area contributed by atoms with Crippen LogP contribution in [0.25, 0.3) is 0 Å². The zero-order chi connectivity index (χ0) is 28.9. The van der Waals surface area contributed by atoms with E-state index in [1.165, 1.54) is 17.0 Å². The molecular formula is C30H32BrN3O5S. The van der Waals surface area contributed by atoms with E-state index in [1.54, 1.807) is 12.1 Å². The van der Waals surface area contributed by atoms with Crippen LogP contribution in [0.2, 0.25) is 0 Å². The first-order valence-electron chi connectivity index (χ1n) is 13.2. The second-order valence-electron chi connectivity index (χ2n) is 9.80. The molecule has 4 rings (SSSR count). The number of amides is 3. The van der Waals surface area contributed by atoms with E-state index in [9.17, 15) is 22.8 Å². The lowest BCUT2D eigenvalue weighted by atomic mass is 10.0. The first-order chi connectivity index (χ1) is 19.1. The number of nitrogens with zero attached hydrogens (tertiary/aromatic N) is 2. The molecule has 0 spiro atoms. The molecule has 1 N–H and O–H groups in total. The van der Waals surface area contributed by atoms with Crippen LogP contribution >= 0.6 is 15.9 Å². The third-order valence-corrected chi connectivity index (χ3v) is 9.35. The Hall–Kier alpha value is -3.50. The van der Waals surface area contributed by atoms with Crippen molar-refractivity contribution in [2.24, 2.45) is 0 Å². The maximum Gasteiger partial charge on any atom is 0.269 e. The standard InChI is InChI=1S/C30H32BrN3O5S/c1-3-21(2)32-29(36)26(19-22-9-5-4-6-10-22)33(20-23-13-15-24(31)16-14-23)28(35)17-18-34-30(37)25-11-7-8-12-27(25)40(34,38)39/h4-16,21,26H,3,17-20H2,1-2H3,(H,32,36). The van der Waals surface area contributed by atoms with E-state index < -0.39 is 27.9 Å². The molecule has 210 valence electrons. The molecule has 0 fully saturated rings. The maximum atomic E-state index is 13.9. The number of carbonyl (C=O) groups excluding carboxylic acids is 3. The summed E-state index contributed by atoms with van der Waals surface area (Å²) in [6.45, 7) is 3.68. The van der Waals surface area contributed by atoms with Crippen molar-refractivity contribution in [3.63, 3.8) is 0 Å². The summed E-state index contributed by atoms with van der Waals surface area (Å²) in [7, 11) is -4.06. The van der Waals surface area contributed by atoms with Gasteiger partial charge in [-0.2, -0.15) is 0 Å². The Morgan fingerprint density at radius 3 is 2.25 bits per heavy atom. The lowest BCUT2D eigenvalue weighted by Crippen LogP contribution is -2.52. The molecule has 1 aliphatic rings. The van der Waals surface area contributed by atoms with Crippen molar-refractivity contribution in [2.45, 2.75) is 56.6 Å². The molecule has 3 aromatic rings. The summed E-state index contributed by atoms with van der Waals surface area (Å²) in [6, 6.07) is 21.9. The Morgan fingerprint density at radius 2 is 1.60 bits per heavy atom. The topological polar surface area (TPSA) is 104 Å². The minimum Gasteiger partial charge on any atom is -0.352 e. The highest BCUT2D eigenvalue weighted by atomic mass is 79.9. The van der Waals surface area contributed by atoms with Crippen LogP contribution < -0.4 is 5.32 Å². The van der Waals surface area contributed by atoms with E-state index in [0.29, 0.717) is 0 Å². The first-order valence-corrected chi connectivity index (χ1v) is 15.4. The van der Waals surface area contributed by atoms with Gasteiger partial charge in [0.1, 0.15) is 10.9 Å². The molecule has 0 bridgehead atoms. The van der Waals surface area contributed by atoms with E-state index in [4.69, 9.17) is 0 Å². The van der Waals surface area contributed by atoms with Crippen molar-refractivity contribution in [1.29, 1.82) is 0 Å². The van der Waals surface area contributed by atoms with Gasteiger partial charge >= 0.3 is 0 Å². The van der Waals surface area contributed by atoms with E-state index in [-0.39, 0.29) is 48.3 Å². The fraction of sp³-hybridized carbons (Fsp3) is 0.300. The molecule has 2 atom stereocenters. The molecular weight excluding hydrogens is 594 g/mol. The predicted molar refractivity (Wildman–Crippen MR) is 156 cm³/mol. The van der Waals surface area contributed by atoms with Crippen LogP contribution in [0.1, 0.15) is 48.2 Å². The molecule has 0 saturated carbocycles. The van der Waals surface area contributed by atoms with Crippen molar-refractivity contribution in [1.82, 2.24) is 14.5 Å². The van der Waals surface area contributed by atoms with Gasteiger partial charge in [0.15, 0.2) is 0 Å². The summed E-state index contributed by atoms with van der Waals surface area (Å²) in [5, 5.41) is 3.01. The van der Waals surface area contributed by atoms with Gasteiger partial charge < -0.3 is 10.2 Å². The van der Waals surface area contributed by atoms with Gasteiger partial charge in [-0.3, -0.25) is 14.4 Å². The lowest BCUT2D eigenvalue weighted by Gasteiger charge is -2.32. The van der Waals surface area contributed by atoms with Crippen molar-refractivity contribution in [2.75, 3.05) is 6.54 Å². The van der Waals surface area contributed by atoms with E-state index in [1.807, 2.05) is 68.4 Å². The largest absolute Gasteiger partial charge is 0.352 e. The highest BCUT2D eigenvalue weighted by molar-refractivity contribution is 9.10. The SMILES string of the molecule is CCC(C)NC(=O)C(Cc1ccccc1)N(Cc1ccc(Br)cc1)C(=O)CCN1C(=O)c2ccccc2S1(=O)=O. The zero-order valence-corrected chi connectivity index (χ0v) is 24.8. The second kappa shape index (κ2) is 12.8. The molecule has 3 amide bonds. The van der Waals surface area contributed by atoms with Crippen LogP contribution in [-0.4, -0.2) is 54.0 Å². The molecule has 40 heavy (non-hydrogen) atoms. The number of hydrogen-bond acceptors (Lipinski definition) is 5. The smallest absolute Gasteiger partial charge is 0.269 e. The van der Waals surface area contributed by atoms with E-state index in [2.05, 4.69) is 21.2 Å². The van der Waals surface area contributed by atoms with E-state index in [0.717, 1.165) is 26.3 Å². The van der Waals surface area contributed by atoms with Crippen molar-refractivity contribution >= 4 is 43.7 Å². The highest BCUT2D eigenvalue weighted by Gasteiger charge is 2.41. The quantitative estimate of drug-likeness (QED) is 0.337. The normalized spacial score (nSPS) is 15.3. The number of rotatable bonds is 11. The highest BCUT2D eigenvalue weighted by Crippen LogP contribution is 2.30. The number of hydrogen-bond donors (Lipinski definition) is 1. The Kier molecular flexibility index (Phi) is 9.42. The molecule has 0 aromatic heterocycles. The van der Waals surface area contributed by atoms with Gasteiger partial charge in [-0.25, -0.2) is 12.7 Å². The van der Waals surface area contributed by atoms with Gasteiger partial charge in [-0.15, -0.1) is 0 Å². The summed E-state index contributed by atoms with van der Waals surface area (Å²) in [5.41, 5.74) is 1.79. The third-order valence-electron chi connectivity index (χ3n) is 6.98. The van der Waals surface area contributed by atoms with Crippen LogP contribution in [-0.2, 0) is 32.6 Å². The molecule has 10 heteroatoms. The van der Waals surface area contributed by atoms with Gasteiger partial charge in [0.05, 0.1) is 5.56 Å². The molecule has 0 saturated heterocycles. The Balaban J connectivity index is 1.64. The molecule has 8 nitrogen and oxygen atoms in total. The van der Waals surface area contributed by atoms with Gasteiger partial charge in [-0.1, -0.05) is 77.5 Å². The molecule has 1 aliphatic heterocycles. The summed E-state index contributed by atoms with van der Waals surface area (Å²) >= 11 is 3.42. The van der Waals surface area contributed by atoms with Gasteiger partial charge in [0.25, 0.3) is 15.9 Å². The minimum absolute atomic E-state index is 0.0611. The maximum absolute atomic E-state index is 13.9. The van der Waals surface area contributed by atoms with Crippen LogP contribution in [0.4, 0.5) is 0 Å². The van der Waals surface area contributed by atoms with Crippen molar-refractivity contribution < 1.29 is 22.8 Å². The van der Waals surface area contributed by atoms with Crippen LogP contribution in [0, 0.1) is 0 Å². The summed E-state index contributed by atoms with van der Waals surface area (Å²) < 4.78 is 27.7. The fourth-order valence-electron chi connectivity index (χ4n) is 4.57. The average molecular weight is 627 g/mol. The fourth-order valence-corrected chi connectivity index (χ4v) is 6.41. The van der Waals surface area contributed by atoms with Crippen LogP contribution in [0.5, 0.6) is 0 Å². The monoisotopic (exact) mass is 625 g/mol. The van der Waals surface area contributed by atoms with Crippen LogP contribution in [0.15, 0.2) is 88.2 Å². The van der Waals surface area contributed by atoms with Crippen molar-refractivity contribution in [3.8, 4) is 0 Å². The molecule has 0 radical (unpaired) electrons. The zero-order valence-electron chi connectivity index (χ0n) is 22.4. The molecule has 3 aromatic carbocycles. The Labute approximate surface area is 243 Å². The first kappa shape index (κ1) is 29.5. The summed E-state index contributed by atoms with van der Waals surface area (Å²) in [4.78, 5) is 41.8. The Morgan fingerprint density at radius 1 is 0.950 bits per heavy atom. The number of carbonyl (C=O) groups is 3. The lowest BCUT2D eigenvalue weighted by molar-refractivity contribution is -0.141. The van der Waals surface area contributed by atoms with Crippen LogP contribution in [0.3, 0.4) is 0 Å². The minimum atomic E-state index is -4.06. The van der Waals surface area contributed by atoms with E-state index >= 15 is 0 Å². The second-order valence-corrected chi connectivity index (χ2v) is 12.5. The van der Waals surface area contributed by atoms with Gasteiger partial charge in [0.2, 0.25) is 11.8 Å². The predicted octanol–water partition coefficient (Wildman–Crippen LogP) is 4.54. The molecule has 2 unspecified atom stereocenters. The number of benzene rings is 3. The van der Waals surface area contributed by atoms with Crippen molar-refractivity contribution in [3.05, 3.63) is 100 Å². The number of fused-ring (bicyclic) bond motifs is 1. The summed E-state index contributed by atoms with van der Waals surface area (Å²) in [5.74, 6) is -1.37. The average Bonchev–Trinajstić information content (AvgIpc) is 3.15. The number of nitrogens with one attached hydrogen (secondary N) is 1.